The highest BCUT2D eigenvalue weighted by atomic mass is 15.3. The fourth-order valence-corrected chi connectivity index (χ4v) is 2.67. The van der Waals surface area contributed by atoms with Gasteiger partial charge in [-0.1, -0.05) is 30.3 Å². The lowest BCUT2D eigenvalue weighted by atomic mass is 10.2. The minimum absolute atomic E-state index is 0.199. The first kappa shape index (κ1) is 15.8. The lowest BCUT2D eigenvalue weighted by molar-refractivity contribution is 0.126. The molecule has 0 aliphatic carbocycles. The summed E-state index contributed by atoms with van der Waals surface area (Å²) >= 11 is 0. The van der Waals surface area contributed by atoms with Crippen molar-refractivity contribution in [3.8, 4) is 0 Å². The molecule has 0 bridgehead atoms. The van der Waals surface area contributed by atoms with Crippen molar-refractivity contribution < 1.29 is 0 Å². The number of hydrogen-bond acceptors (Lipinski definition) is 3. The molecule has 0 radical (unpaired) electrons. The van der Waals surface area contributed by atoms with Gasteiger partial charge in [0.25, 0.3) is 0 Å². The molecule has 5 heteroatoms. The largest absolute Gasteiger partial charge is 0.370 e. The molecule has 1 aliphatic rings. The van der Waals surface area contributed by atoms with Gasteiger partial charge in [0.15, 0.2) is 5.96 Å². The van der Waals surface area contributed by atoms with E-state index in [4.69, 9.17) is 11.5 Å². The van der Waals surface area contributed by atoms with E-state index >= 15 is 0 Å². The van der Waals surface area contributed by atoms with E-state index < -0.39 is 0 Å². The molecule has 1 heterocycles. The van der Waals surface area contributed by atoms with Gasteiger partial charge in [-0.25, -0.2) is 0 Å². The molecule has 0 spiro atoms. The molecule has 1 aliphatic heterocycles. The summed E-state index contributed by atoms with van der Waals surface area (Å²) in [5.41, 5.74) is 12.0. The van der Waals surface area contributed by atoms with Gasteiger partial charge in [-0.05, 0) is 24.9 Å². The van der Waals surface area contributed by atoms with E-state index in [0.717, 1.165) is 58.7 Å². The molecule has 2 rings (SSSR count). The van der Waals surface area contributed by atoms with E-state index in [1.165, 1.54) is 5.56 Å². The maximum atomic E-state index is 5.31. The zero-order valence-electron chi connectivity index (χ0n) is 12.7. The SMILES string of the molecule is NC(N)=NCCCCN1CCN(Cc2ccccc2)CC1. The molecule has 0 amide bonds. The molecule has 1 fully saturated rings. The summed E-state index contributed by atoms with van der Waals surface area (Å²) in [5, 5.41) is 0. The molecule has 1 aromatic carbocycles. The van der Waals surface area contributed by atoms with E-state index in [1.54, 1.807) is 0 Å². The first-order valence-corrected chi connectivity index (χ1v) is 7.78. The standard InChI is InChI=1S/C16H27N5/c17-16(18)19-8-4-5-9-20-10-12-21(13-11-20)14-15-6-2-1-3-7-15/h1-3,6-7H,4-5,8-14H2,(H4,17,18,19). The van der Waals surface area contributed by atoms with E-state index in [0.29, 0.717) is 0 Å². The smallest absolute Gasteiger partial charge is 0.185 e. The summed E-state index contributed by atoms with van der Waals surface area (Å²) in [4.78, 5) is 9.08. The zero-order valence-corrected chi connectivity index (χ0v) is 12.7. The van der Waals surface area contributed by atoms with Gasteiger partial charge in [-0.2, -0.15) is 0 Å². The average Bonchev–Trinajstić information content (AvgIpc) is 2.49. The van der Waals surface area contributed by atoms with Crippen molar-refractivity contribution in [3.63, 3.8) is 0 Å². The summed E-state index contributed by atoms with van der Waals surface area (Å²) in [7, 11) is 0. The predicted octanol–water partition coefficient (Wildman–Crippen LogP) is 0.858. The maximum absolute atomic E-state index is 5.31. The summed E-state index contributed by atoms with van der Waals surface area (Å²) in [6.07, 6.45) is 2.22. The minimum atomic E-state index is 0.199. The van der Waals surface area contributed by atoms with Crippen LogP contribution in [0.25, 0.3) is 0 Å². The van der Waals surface area contributed by atoms with Gasteiger partial charge >= 0.3 is 0 Å². The molecule has 0 aromatic heterocycles. The molecule has 0 saturated carbocycles. The van der Waals surface area contributed by atoms with Crippen LogP contribution in [-0.4, -0.2) is 55.0 Å². The highest BCUT2D eigenvalue weighted by Crippen LogP contribution is 2.09. The van der Waals surface area contributed by atoms with E-state index in [-0.39, 0.29) is 5.96 Å². The van der Waals surface area contributed by atoms with Crippen molar-refractivity contribution in [1.29, 1.82) is 0 Å². The van der Waals surface area contributed by atoms with Gasteiger partial charge in [-0.3, -0.25) is 9.89 Å². The molecule has 5 nitrogen and oxygen atoms in total. The first-order valence-electron chi connectivity index (χ1n) is 7.78. The second-order valence-electron chi connectivity index (χ2n) is 5.62. The lowest BCUT2D eigenvalue weighted by Gasteiger charge is -2.34. The summed E-state index contributed by atoms with van der Waals surface area (Å²) in [6, 6.07) is 10.7. The molecule has 1 aromatic rings. The van der Waals surface area contributed by atoms with Crippen molar-refractivity contribution in [2.24, 2.45) is 16.5 Å². The lowest BCUT2D eigenvalue weighted by Crippen LogP contribution is -2.46. The molecule has 4 N–H and O–H groups in total. The monoisotopic (exact) mass is 289 g/mol. The maximum Gasteiger partial charge on any atom is 0.185 e. The van der Waals surface area contributed by atoms with Gasteiger partial charge in [0.05, 0.1) is 0 Å². The zero-order chi connectivity index (χ0) is 14.9. The van der Waals surface area contributed by atoms with Crippen molar-refractivity contribution in [2.45, 2.75) is 19.4 Å². The first-order chi connectivity index (χ1) is 10.2. The number of hydrogen-bond donors (Lipinski definition) is 2. The Hall–Kier alpha value is -1.59. The van der Waals surface area contributed by atoms with Crippen LogP contribution in [0.3, 0.4) is 0 Å². The molecular formula is C16H27N5. The van der Waals surface area contributed by atoms with Crippen LogP contribution in [0.2, 0.25) is 0 Å². The van der Waals surface area contributed by atoms with Gasteiger partial charge < -0.3 is 16.4 Å². The Balaban J connectivity index is 1.59. The van der Waals surface area contributed by atoms with Crippen LogP contribution in [0.4, 0.5) is 0 Å². The van der Waals surface area contributed by atoms with Crippen LogP contribution in [0.15, 0.2) is 35.3 Å². The van der Waals surface area contributed by atoms with Crippen LogP contribution in [0.1, 0.15) is 18.4 Å². The fraction of sp³-hybridized carbons (Fsp3) is 0.562. The van der Waals surface area contributed by atoms with Crippen molar-refractivity contribution in [2.75, 3.05) is 39.3 Å². The van der Waals surface area contributed by atoms with E-state index in [1.807, 2.05) is 0 Å². The quantitative estimate of drug-likeness (QED) is 0.444. The van der Waals surface area contributed by atoms with Crippen LogP contribution >= 0.6 is 0 Å². The van der Waals surface area contributed by atoms with Crippen molar-refractivity contribution in [1.82, 2.24) is 9.80 Å². The predicted molar refractivity (Wildman–Crippen MR) is 88.1 cm³/mol. The number of unbranched alkanes of at least 4 members (excludes halogenated alkanes) is 1. The van der Waals surface area contributed by atoms with E-state index in [2.05, 4.69) is 45.1 Å². The topological polar surface area (TPSA) is 70.9 Å². The number of nitrogens with two attached hydrogens (primary N) is 2. The molecule has 0 unspecified atom stereocenters. The highest BCUT2D eigenvalue weighted by molar-refractivity contribution is 5.75. The fourth-order valence-electron chi connectivity index (χ4n) is 2.67. The normalized spacial score (nSPS) is 16.8. The second-order valence-corrected chi connectivity index (χ2v) is 5.62. The third kappa shape index (κ3) is 6.14. The Morgan fingerprint density at radius 1 is 0.952 bits per heavy atom. The molecule has 21 heavy (non-hydrogen) atoms. The third-order valence-electron chi connectivity index (χ3n) is 3.89. The van der Waals surface area contributed by atoms with Crippen molar-refractivity contribution >= 4 is 5.96 Å². The average molecular weight is 289 g/mol. The van der Waals surface area contributed by atoms with E-state index in [9.17, 15) is 0 Å². The Kier molecular flexibility index (Phi) is 6.50. The van der Waals surface area contributed by atoms with Gasteiger partial charge in [0.2, 0.25) is 0 Å². The number of piperazine rings is 1. The second kappa shape index (κ2) is 8.64. The van der Waals surface area contributed by atoms with Crippen LogP contribution in [0.5, 0.6) is 0 Å². The van der Waals surface area contributed by atoms with Crippen LogP contribution in [-0.2, 0) is 6.54 Å². The van der Waals surface area contributed by atoms with Crippen LogP contribution in [0, 0.1) is 0 Å². The van der Waals surface area contributed by atoms with Gasteiger partial charge in [-0.15, -0.1) is 0 Å². The number of benzene rings is 1. The van der Waals surface area contributed by atoms with Crippen LogP contribution < -0.4 is 11.5 Å². The summed E-state index contributed by atoms with van der Waals surface area (Å²) in [6.45, 7) is 7.60. The highest BCUT2D eigenvalue weighted by Gasteiger charge is 2.16. The Morgan fingerprint density at radius 3 is 2.29 bits per heavy atom. The number of aliphatic imine (C=N–C) groups is 1. The number of rotatable bonds is 7. The third-order valence-corrected chi connectivity index (χ3v) is 3.89. The number of nitrogens with zero attached hydrogens (tertiary/aromatic N) is 3. The molecular weight excluding hydrogens is 262 g/mol. The Morgan fingerprint density at radius 2 is 1.62 bits per heavy atom. The Bertz CT molecular complexity index is 420. The Labute approximate surface area is 127 Å². The molecule has 1 saturated heterocycles. The van der Waals surface area contributed by atoms with Gasteiger partial charge in [0, 0.05) is 39.3 Å². The molecule has 0 atom stereocenters. The van der Waals surface area contributed by atoms with Crippen molar-refractivity contribution in [3.05, 3.63) is 35.9 Å². The summed E-state index contributed by atoms with van der Waals surface area (Å²) < 4.78 is 0. The summed E-state index contributed by atoms with van der Waals surface area (Å²) in [5.74, 6) is 0.199. The minimum Gasteiger partial charge on any atom is -0.370 e. The number of guanidine groups is 1. The van der Waals surface area contributed by atoms with Gasteiger partial charge in [0.1, 0.15) is 0 Å². The molecule has 116 valence electrons.